The molecule has 4 nitrogen and oxygen atoms in total. The van der Waals surface area contributed by atoms with E-state index >= 15 is 0 Å². The zero-order chi connectivity index (χ0) is 27.4. The van der Waals surface area contributed by atoms with E-state index in [1.54, 1.807) is 5.32 Å². The lowest BCUT2D eigenvalue weighted by molar-refractivity contribution is -0.139. The molecule has 0 heterocycles. The molecule has 0 radical (unpaired) electrons. The van der Waals surface area contributed by atoms with Gasteiger partial charge in [-0.2, -0.15) is 26.3 Å². The number of carbonyl (C=O) groups is 2. The maximum absolute atomic E-state index is 13.7. The van der Waals surface area contributed by atoms with Crippen LogP contribution in [0.4, 0.5) is 26.3 Å². The number of carbonyl (C=O) groups excluding carboxylic acids is 2. The Bertz CT molecular complexity index is 1150. The minimum atomic E-state index is -4.66. The molecular weight excluding hydrogens is 669 g/mol. The lowest BCUT2D eigenvalue weighted by atomic mass is 9.97. The summed E-state index contributed by atoms with van der Waals surface area (Å²) in [6, 6.07) is 5.04. The number of nitrogens with one attached hydrogen (secondary N) is 2. The molecule has 0 aliphatic rings. The van der Waals surface area contributed by atoms with Crippen molar-refractivity contribution >= 4 is 73.0 Å². The highest BCUT2D eigenvalue weighted by Crippen LogP contribution is 2.41. The molecule has 2 aromatic carbocycles. The summed E-state index contributed by atoms with van der Waals surface area (Å²) in [5, 5.41) is 3.94. The van der Waals surface area contributed by atoms with Gasteiger partial charge in [-0.15, -0.1) is 0 Å². The first kappa shape index (κ1) is 30.5. The van der Waals surface area contributed by atoms with E-state index < -0.39 is 42.7 Å². The largest absolute Gasteiger partial charge is 0.405 e. The number of allylic oxidation sites excluding steroid dienone is 1. The molecule has 196 valence electrons. The molecule has 0 bridgehead atoms. The third kappa shape index (κ3) is 8.67. The molecule has 0 spiro atoms. The number of halogens is 10. The van der Waals surface area contributed by atoms with Crippen molar-refractivity contribution in [3.63, 3.8) is 0 Å². The van der Waals surface area contributed by atoms with E-state index in [-0.39, 0.29) is 30.1 Å². The van der Waals surface area contributed by atoms with Crippen molar-refractivity contribution in [2.75, 3.05) is 6.54 Å². The summed E-state index contributed by atoms with van der Waals surface area (Å²) in [7, 11) is 0. The van der Waals surface area contributed by atoms with E-state index in [2.05, 4.69) is 37.2 Å². The number of benzene rings is 2. The van der Waals surface area contributed by atoms with Gasteiger partial charge in [-0.05, 0) is 74.2 Å². The highest BCUT2D eigenvalue weighted by Gasteiger charge is 2.39. The second-order valence-electron chi connectivity index (χ2n) is 7.44. The second kappa shape index (κ2) is 12.2. The van der Waals surface area contributed by atoms with Crippen LogP contribution in [-0.2, 0) is 4.79 Å². The van der Waals surface area contributed by atoms with Crippen LogP contribution in [0.15, 0.2) is 45.4 Å². The normalized spacial score (nSPS) is 14.0. The third-order valence-electron chi connectivity index (χ3n) is 4.64. The van der Waals surface area contributed by atoms with Gasteiger partial charge in [-0.3, -0.25) is 9.59 Å². The van der Waals surface area contributed by atoms with Crippen LogP contribution in [0.3, 0.4) is 0 Å². The van der Waals surface area contributed by atoms with Gasteiger partial charge in [-0.25, -0.2) is 0 Å². The summed E-state index contributed by atoms with van der Waals surface area (Å²) < 4.78 is 78.3. The van der Waals surface area contributed by atoms with Crippen LogP contribution in [0.1, 0.15) is 34.3 Å². The predicted octanol–water partition coefficient (Wildman–Crippen LogP) is 7.67. The maximum atomic E-state index is 13.7. The summed E-state index contributed by atoms with van der Waals surface area (Å²) in [6.45, 7) is -0.346. The maximum Gasteiger partial charge on any atom is 0.405 e. The van der Waals surface area contributed by atoms with Crippen molar-refractivity contribution in [3.05, 3.63) is 72.1 Å². The van der Waals surface area contributed by atoms with Crippen molar-refractivity contribution in [3.8, 4) is 0 Å². The number of alkyl halides is 6. The molecule has 2 atom stereocenters. The minimum Gasteiger partial charge on any atom is -0.345 e. The Hall–Kier alpha value is -1.76. The lowest BCUT2D eigenvalue weighted by Gasteiger charge is -2.18. The molecule has 14 heteroatoms. The summed E-state index contributed by atoms with van der Waals surface area (Å²) in [4.78, 5) is 24.2. The average molecular weight is 685 g/mol. The van der Waals surface area contributed by atoms with Gasteiger partial charge in [0.1, 0.15) is 12.6 Å². The van der Waals surface area contributed by atoms with Crippen molar-refractivity contribution in [1.29, 1.82) is 0 Å². The van der Waals surface area contributed by atoms with Crippen molar-refractivity contribution in [2.24, 2.45) is 0 Å². The van der Waals surface area contributed by atoms with Crippen LogP contribution in [0.5, 0.6) is 0 Å². The molecule has 2 amide bonds. The third-order valence-corrected chi connectivity index (χ3v) is 7.20. The molecule has 0 aliphatic heterocycles. The zero-order valence-corrected chi connectivity index (χ0v) is 22.7. The van der Waals surface area contributed by atoms with E-state index in [0.717, 1.165) is 18.2 Å². The monoisotopic (exact) mass is 682 g/mol. The smallest absolute Gasteiger partial charge is 0.345 e. The van der Waals surface area contributed by atoms with Crippen molar-refractivity contribution in [2.45, 2.75) is 31.2 Å². The van der Waals surface area contributed by atoms with Gasteiger partial charge >= 0.3 is 12.4 Å². The highest BCUT2D eigenvalue weighted by molar-refractivity contribution is 9.11. The second-order valence-corrected chi connectivity index (χ2v) is 9.91. The predicted molar refractivity (Wildman–Crippen MR) is 132 cm³/mol. The van der Waals surface area contributed by atoms with Gasteiger partial charge < -0.3 is 10.6 Å². The van der Waals surface area contributed by atoms with E-state index in [4.69, 9.17) is 23.2 Å². The van der Waals surface area contributed by atoms with Gasteiger partial charge in [0, 0.05) is 4.47 Å². The molecule has 2 unspecified atom stereocenters. The van der Waals surface area contributed by atoms with Crippen LogP contribution in [0.25, 0.3) is 6.08 Å². The summed E-state index contributed by atoms with van der Waals surface area (Å²) >= 11 is 18.1. The van der Waals surface area contributed by atoms with Gasteiger partial charge in [0.2, 0.25) is 5.91 Å². The van der Waals surface area contributed by atoms with Gasteiger partial charge in [-0.1, -0.05) is 41.4 Å². The fourth-order valence-corrected chi connectivity index (χ4v) is 4.18. The first-order chi connectivity index (χ1) is 16.5. The van der Waals surface area contributed by atoms with Crippen LogP contribution in [-0.4, -0.2) is 36.8 Å². The molecule has 2 N–H and O–H groups in total. The summed E-state index contributed by atoms with van der Waals surface area (Å²) in [6.07, 6.45) is -7.16. The quantitative estimate of drug-likeness (QED) is 0.232. The van der Waals surface area contributed by atoms with Crippen LogP contribution >= 0.6 is 55.1 Å². The molecular formula is C22H16Br2Cl2F6N2O2. The fourth-order valence-electron chi connectivity index (χ4n) is 2.87. The van der Waals surface area contributed by atoms with Gasteiger partial charge in [0.05, 0.1) is 26.0 Å². The van der Waals surface area contributed by atoms with Gasteiger partial charge in [0.15, 0.2) is 0 Å². The Balaban J connectivity index is 2.19. The first-order valence-corrected chi connectivity index (χ1v) is 12.2. The molecule has 2 rings (SSSR count). The Morgan fingerprint density at radius 3 is 2.11 bits per heavy atom. The van der Waals surface area contributed by atoms with Crippen LogP contribution in [0, 0.1) is 0 Å². The highest BCUT2D eigenvalue weighted by atomic mass is 79.9. The molecule has 0 saturated carbocycles. The lowest BCUT2D eigenvalue weighted by Crippen LogP contribution is -2.47. The Labute approximate surface area is 228 Å². The Morgan fingerprint density at radius 2 is 1.61 bits per heavy atom. The van der Waals surface area contributed by atoms with E-state index in [0.29, 0.717) is 5.56 Å². The number of hydrogen-bond donors (Lipinski definition) is 2. The van der Waals surface area contributed by atoms with Crippen molar-refractivity contribution < 1.29 is 35.9 Å². The standard InChI is InChI=1S/C22H16Br2Cl2F6N2O2/c1-10(19(35)33-9-21(27,28)29)34-20(36)13-4-2-11(6-15(13)23)3-5-14(22(30,31)32)12-7-16(25)18(24)17(26)8-12/h2-8,10,14H,9H2,1H3,(H,33,35)(H,34,36). The summed E-state index contributed by atoms with van der Waals surface area (Å²) in [5.74, 6) is -3.85. The SMILES string of the molecule is CC(NC(=O)c1ccc(C=CC(c2cc(Cl)c(Br)c(Cl)c2)C(F)(F)F)cc1Br)C(=O)NCC(F)(F)F. The topological polar surface area (TPSA) is 58.2 Å². The number of rotatable bonds is 7. The molecule has 0 aromatic heterocycles. The molecule has 0 aliphatic carbocycles. The minimum absolute atomic E-state index is 0.0135. The molecule has 2 aromatic rings. The van der Waals surface area contributed by atoms with Crippen molar-refractivity contribution in [1.82, 2.24) is 10.6 Å². The summed E-state index contributed by atoms with van der Waals surface area (Å²) in [5.41, 5.74) is 0.143. The molecule has 36 heavy (non-hydrogen) atoms. The Morgan fingerprint density at radius 1 is 1.03 bits per heavy atom. The van der Waals surface area contributed by atoms with E-state index in [1.807, 2.05) is 0 Å². The zero-order valence-electron chi connectivity index (χ0n) is 18.0. The fraction of sp³-hybridized carbons (Fsp3) is 0.273. The molecule has 0 fully saturated rings. The number of amides is 2. The molecule has 0 saturated heterocycles. The number of hydrogen-bond acceptors (Lipinski definition) is 2. The van der Waals surface area contributed by atoms with E-state index in [9.17, 15) is 35.9 Å². The van der Waals surface area contributed by atoms with Crippen LogP contribution < -0.4 is 10.6 Å². The first-order valence-electron chi connectivity index (χ1n) is 9.84. The van der Waals surface area contributed by atoms with E-state index in [1.165, 1.54) is 31.2 Å². The van der Waals surface area contributed by atoms with Crippen LogP contribution in [0.2, 0.25) is 10.0 Å². The Kier molecular flexibility index (Phi) is 10.3. The van der Waals surface area contributed by atoms with Gasteiger partial charge in [0.25, 0.3) is 5.91 Å². The average Bonchev–Trinajstić information content (AvgIpc) is 2.74.